The van der Waals surface area contributed by atoms with Crippen molar-refractivity contribution in [3.05, 3.63) is 96.3 Å². The molecule has 0 atom stereocenters. The number of nitrogens with zero attached hydrogens (tertiary/aromatic N) is 2. The van der Waals surface area contributed by atoms with Gasteiger partial charge in [-0.1, -0.05) is 88.4 Å². The molecule has 0 bridgehead atoms. The molecule has 0 aliphatic carbocycles. The number of aromatic nitrogens is 2. The van der Waals surface area contributed by atoms with Crippen molar-refractivity contribution >= 4 is 32.7 Å². The van der Waals surface area contributed by atoms with E-state index in [4.69, 9.17) is 9.40 Å². The van der Waals surface area contributed by atoms with E-state index < -0.39 is 0 Å². The fraction of sp³-hybridized carbons (Fsp3) is 0.194. The monoisotopic (exact) mass is 444 g/mol. The number of fused-ring (bicyclic) bond motifs is 5. The van der Waals surface area contributed by atoms with Crippen LogP contribution in [0.3, 0.4) is 0 Å². The maximum Gasteiger partial charge on any atom is 0.148 e. The van der Waals surface area contributed by atoms with Gasteiger partial charge in [-0.05, 0) is 40.5 Å². The molecule has 3 nitrogen and oxygen atoms in total. The van der Waals surface area contributed by atoms with Gasteiger partial charge in [0.15, 0.2) is 0 Å². The lowest BCUT2D eigenvalue weighted by Gasteiger charge is -2.21. The largest absolute Gasteiger partial charge is 0.455 e. The number of imidazole rings is 1. The van der Waals surface area contributed by atoms with E-state index in [1.54, 1.807) is 0 Å². The van der Waals surface area contributed by atoms with E-state index >= 15 is 0 Å². The van der Waals surface area contributed by atoms with Gasteiger partial charge in [0, 0.05) is 28.6 Å². The standard InChI is InChI=1S/C31H28N2O/c1-19(2)22-11-7-12-23(20(3)4)28(22)33-18-17-32-31(33)27-14-8-13-25-26-16-15-21-9-5-6-10-24(21)29(26)34-30(25)27/h5-20H,1-4H3. The average Bonchev–Trinajstić information content (AvgIpc) is 3.48. The Bertz CT molecular complexity index is 1640. The molecule has 0 fully saturated rings. The van der Waals surface area contributed by atoms with Gasteiger partial charge in [-0.15, -0.1) is 0 Å². The molecule has 0 radical (unpaired) electrons. The molecule has 0 amide bonds. The Kier molecular flexibility index (Phi) is 4.80. The minimum absolute atomic E-state index is 0.400. The van der Waals surface area contributed by atoms with E-state index in [-0.39, 0.29) is 0 Å². The fourth-order valence-corrected chi connectivity index (χ4v) is 5.18. The van der Waals surface area contributed by atoms with Crippen LogP contribution in [0, 0.1) is 0 Å². The van der Waals surface area contributed by atoms with E-state index in [1.165, 1.54) is 22.2 Å². The fourth-order valence-electron chi connectivity index (χ4n) is 5.18. The van der Waals surface area contributed by atoms with Gasteiger partial charge in [-0.2, -0.15) is 0 Å². The highest BCUT2D eigenvalue weighted by molar-refractivity contribution is 6.17. The van der Waals surface area contributed by atoms with Crippen molar-refractivity contribution in [1.29, 1.82) is 0 Å². The van der Waals surface area contributed by atoms with E-state index in [0.29, 0.717) is 11.8 Å². The molecular formula is C31H28N2O. The van der Waals surface area contributed by atoms with Gasteiger partial charge in [-0.3, -0.25) is 4.57 Å². The highest BCUT2D eigenvalue weighted by atomic mass is 16.3. The Labute approximate surface area is 199 Å². The Morgan fingerprint density at radius 2 is 1.35 bits per heavy atom. The molecule has 3 heteroatoms. The van der Waals surface area contributed by atoms with Gasteiger partial charge in [0.05, 0.1) is 11.3 Å². The van der Waals surface area contributed by atoms with Crippen LogP contribution < -0.4 is 0 Å². The highest BCUT2D eigenvalue weighted by Gasteiger charge is 2.21. The van der Waals surface area contributed by atoms with Crippen molar-refractivity contribution in [1.82, 2.24) is 9.55 Å². The first kappa shape index (κ1) is 20.7. The molecule has 2 heterocycles. The molecule has 6 rings (SSSR count). The summed E-state index contributed by atoms with van der Waals surface area (Å²) in [5.41, 5.74) is 6.72. The maximum atomic E-state index is 6.61. The minimum atomic E-state index is 0.400. The Morgan fingerprint density at radius 1 is 0.676 bits per heavy atom. The molecule has 0 unspecified atom stereocenters. The van der Waals surface area contributed by atoms with Gasteiger partial charge >= 0.3 is 0 Å². The van der Waals surface area contributed by atoms with E-state index in [0.717, 1.165) is 38.7 Å². The van der Waals surface area contributed by atoms with Crippen molar-refractivity contribution < 1.29 is 4.42 Å². The van der Waals surface area contributed by atoms with Crippen LogP contribution in [0.5, 0.6) is 0 Å². The highest BCUT2D eigenvalue weighted by Crippen LogP contribution is 2.40. The van der Waals surface area contributed by atoms with Crippen molar-refractivity contribution in [3.8, 4) is 17.1 Å². The second-order valence-electron chi connectivity index (χ2n) is 9.66. The summed E-state index contributed by atoms with van der Waals surface area (Å²) in [6.45, 7) is 9.02. The molecule has 0 N–H and O–H groups in total. The molecule has 6 aromatic rings. The van der Waals surface area contributed by atoms with Crippen LogP contribution in [0.25, 0.3) is 49.8 Å². The summed E-state index contributed by atoms with van der Waals surface area (Å²) in [6.07, 6.45) is 3.98. The lowest BCUT2D eigenvalue weighted by molar-refractivity contribution is 0.673. The van der Waals surface area contributed by atoms with Gasteiger partial charge < -0.3 is 4.42 Å². The topological polar surface area (TPSA) is 31.0 Å². The van der Waals surface area contributed by atoms with Crippen molar-refractivity contribution in [2.75, 3.05) is 0 Å². The van der Waals surface area contributed by atoms with Crippen LogP contribution in [0.1, 0.15) is 50.7 Å². The molecule has 4 aromatic carbocycles. The maximum absolute atomic E-state index is 6.61. The normalized spacial score (nSPS) is 12.1. The zero-order valence-corrected chi connectivity index (χ0v) is 20.0. The second kappa shape index (κ2) is 7.88. The lowest BCUT2D eigenvalue weighted by atomic mass is 9.92. The quantitative estimate of drug-likeness (QED) is 0.272. The first-order chi connectivity index (χ1) is 16.5. The van der Waals surface area contributed by atoms with Crippen LogP contribution in [0.2, 0.25) is 0 Å². The average molecular weight is 445 g/mol. The Balaban J connectivity index is 1.65. The molecule has 34 heavy (non-hydrogen) atoms. The molecular weight excluding hydrogens is 416 g/mol. The number of furan rings is 1. The molecule has 0 aliphatic rings. The first-order valence-corrected chi connectivity index (χ1v) is 12.0. The van der Waals surface area contributed by atoms with Gasteiger partial charge in [-0.25, -0.2) is 4.98 Å². The summed E-state index contributed by atoms with van der Waals surface area (Å²) < 4.78 is 8.87. The second-order valence-corrected chi connectivity index (χ2v) is 9.66. The molecule has 0 aliphatic heterocycles. The number of benzene rings is 4. The SMILES string of the molecule is CC(C)c1cccc(C(C)C)c1-n1ccnc1-c1cccc2c1oc1c3ccccc3ccc21. The summed E-state index contributed by atoms with van der Waals surface area (Å²) in [4.78, 5) is 4.85. The van der Waals surface area contributed by atoms with Crippen molar-refractivity contribution in [3.63, 3.8) is 0 Å². The van der Waals surface area contributed by atoms with Gasteiger partial charge in [0.1, 0.15) is 17.0 Å². The van der Waals surface area contributed by atoms with Crippen LogP contribution in [0.15, 0.2) is 89.6 Å². The third-order valence-corrected chi connectivity index (χ3v) is 6.85. The van der Waals surface area contributed by atoms with E-state index in [2.05, 4.69) is 111 Å². The smallest absolute Gasteiger partial charge is 0.148 e. The number of rotatable bonds is 4. The molecule has 0 spiro atoms. The van der Waals surface area contributed by atoms with Crippen molar-refractivity contribution in [2.45, 2.75) is 39.5 Å². The number of hydrogen-bond donors (Lipinski definition) is 0. The molecule has 0 saturated carbocycles. The molecule has 168 valence electrons. The third kappa shape index (κ3) is 3.07. The third-order valence-electron chi connectivity index (χ3n) is 6.85. The predicted molar refractivity (Wildman–Crippen MR) is 142 cm³/mol. The summed E-state index contributed by atoms with van der Waals surface area (Å²) >= 11 is 0. The zero-order chi connectivity index (χ0) is 23.4. The Hall–Kier alpha value is -3.85. The van der Waals surface area contributed by atoms with Crippen LogP contribution in [-0.4, -0.2) is 9.55 Å². The Morgan fingerprint density at radius 3 is 2.12 bits per heavy atom. The summed E-state index contributed by atoms with van der Waals surface area (Å²) in [5, 5.41) is 4.58. The van der Waals surface area contributed by atoms with Crippen LogP contribution in [0.4, 0.5) is 0 Å². The first-order valence-electron chi connectivity index (χ1n) is 12.0. The minimum Gasteiger partial charge on any atom is -0.455 e. The molecule has 2 aromatic heterocycles. The van der Waals surface area contributed by atoms with Gasteiger partial charge in [0.25, 0.3) is 0 Å². The predicted octanol–water partition coefficient (Wildman–Crippen LogP) is 8.84. The number of hydrogen-bond acceptors (Lipinski definition) is 2. The van der Waals surface area contributed by atoms with Crippen molar-refractivity contribution in [2.24, 2.45) is 0 Å². The zero-order valence-electron chi connectivity index (χ0n) is 20.0. The van der Waals surface area contributed by atoms with Crippen LogP contribution in [-0.2, 0) is 0 Å². The summed E-state index contributed by atoms with van der Waals surface area (Å²) in [5.74, 6) is 1.71. The molecule has 0 saturated heterocycles. The lowest BCUT2D eigenvalue weighted by Crippen LogP contribution is -2.07. The van der Waals surface area contributed by atoms with E-state index in [1.807, 2.05) is 6.20 Å². The summed E-state index contributed by atoms with van der Waals surface area (Å²) in [7, 11) is 0. The number of para-hydroxylation sites is 2. The van der Waals surface area contributed by atoms with E-state index in [9.17, 15) is 0 Å². The van der Waals surface area contributed by atoms with Gasteiger partial charge in [0.2, 0.25) is 0 Å². The summed E-state index contributed by atoms with van der Waals surface area (Å²) in [6, 6.07) is 25.8. The van der Waals surface area contributed by atoms with Crippen LogP contribution >= 0.6 is 0 Å².